The summed E-state index contributed by atoms with van der Waals surface area (Å²) < 4.78 is 22.9. The van der Waals surface area contributed by atoms with E-state index in [9.17, 15) is 13.2 Å². The van der Waals surface area contributed by atoms with Gasteiger partial charge in [0.05, 0.1) is 10.5 Å². The second-order valence-corrected chi connectivity index (χ2v) is 7.81. The van der Waals surface area contributed by atoms with E-state index in [0.29, 0.717) is 12.8 Å². The molecule has 0 aromatic rings. The molecule has 86 valence electrons. The fourth-order valence-corrected chi connectivity index (χ4v) is 2.57. The quantitative estimate of drug-likeness (QED) is 0.743. The van der Waals surface area contributed by atoms with Gasteiger partial charge in [0.2, 0.25) is 0 Å². The first-order chi connectivity index (χ1) is 6.72. The second kappa shape index (κ2) is 4.08. The van der Waals surface area contributed by atoms with Crippen LogP contribution in [0.25, 0.3) is 0 Å². The summed E-state index contributed by atoms with van der Waals surface area (Å²) >= 11 is 0. The van der Waals surface area contributed by atoms with Gasteiger partial charge in [0.15, 0.2) is 15.6 Å². The van der Waals surface area contributed by atoms with Crippen LogP contribution in [-0.4, -0.2) is 24.7 Å². The van der Waals surface area contributed by atoms with E-state index in [4.69, 9.17) is 0 Å². The first-order valence-electron chi connectivity index (χ1n) is 5.17. The molecule has 1 aliphatic carbocycles. The zero-order valence-corrected chi connectivity index (χ0v) is 10.4. The van der Waals surface area contributed by atoms with Gasteiger partial charge < -0.3 is 0 Å². The van der Waals surface area contributed by atoms with Gasteiger partial charge in [0, 0.05) is 6.42 Å². The maximum atomic E-state index is 11.8. The van der Waals surface area contributed by atoms with Crippen molar-refractivity contribution in [2.45, 2.75) is 44.8 Å². The third-order valence-electron chi connectivity index (χ3n) is 2.68. The van der Waals surface area contributed by atoms with Crippen molar-refractivity contribution in [1.82, 2.24) is 0 Å². The van der Waals surface area contributed by atoms with Crippen LogP contribution in [0.1, 0.15) is 40.0 Å². The van der Waals surface area contributed by atoms with Crippen LogP contribution in [0.5, 0.6) is 0 Å². The van der Waals surface area contributed by atoms with Crippen LogP contribution in [-0.2, 0) is 14.6 Å². The minimum Gasteiger partial charge on any atom is -0.295 e. The average Bonchev–Trinajstić information content (AvgIpc) is 2.46. The Morgan fingerprint density at radius 3 is 2.27 bits per heavy atom. The lowest BCUT2D eigenvalue weighted by Gasteiger charge is -2.19. The number of hydrogen-bond acceptors (Lipinski definition) is 3. The predicted molar refractivity (Wildman–Crippen MR) is 60.5 cm³/mol. The van der Waals surface area contributed by atoms with Gasteiger partial charge in [-0.3, -0.25) is 4.79 Å². The Morgan fingerprint density at radius 2 is 1.87 bits per heavy atom. The molecule has 0 radical (unpaired) electrons. The molecule has 1 aliphatic rings. The van der Waals surface area contributed by atoms with E-state index in [-0.39, 0.29) is 11.5 Å². The van der Waals surface area contributed by atoms with Crippen molar-refractivity contribution in [3.63, 3.8) is 0 Å². The average molecular weight is 230 g/mol. The van der Waals surface area contributed by atoms with Crippen molar-refractivity contribution in [2.75, 3.05) is 5.75 Å². The minimum absolute atomic E-state index is 0.123. The Morgan fingerprint density at radius 1 is 1.27 bits per heavy atom. The summed E-state index contributed by atoms with van der Waals surface area (Å²) in [5.74, 6) is 0.272. The number of allylic oxidation sites excluding steroid dienone is 2. The smallest absolute Gasteiger partial charge is 0.155 e. The molecule has 3 nitrogen and oxygen atoms in total. The number of carbonyl (C=O) groups excluding carboxylic acids is 1. The van der Waals surface area contributed by atoms with E-state index in [1.54, 1.807) is 26.8 Å². The summed E-state index contributed by atoms with van der Waals surface area (Å²) in [6.07, 6.45) is 3.38. The lowest BCUT2D eigenvalue weighted by Crippen LogP contribution is -2.30. The lowest BCUT2D eigenvalue weighted by atomic mass is 10.2. The molecule has 0 aromatic heterocycles. The van der Waals surface area contributed by atoms with Crippen molar-refractivity contribution in [3.8, 4) is 0 Å². The Balaban J connectivity index is 2.59. The third-order valence-corrected chi connectivity index (χ3v) is 5.29. The molecule has 0 spiro atoms. The van der Waals surface area contributed by atoms with E-state index in [1.807, 2.05) is 0 Å². The molecule has 0 saturated carbocycles. The number of sulfone groups is 1. The molecule has 0 fully saturated rings. The molecular formula is C11H18O3S. The summed E-state index contributed by atoms with van der Waals surface area (Å²) in [7, 11) is -3.05. The first-order valence-corrected chi connectivity index (χ1v) is 6.82. The number of hydrogen-bond donors (Lipinski definition) is 0. The summed E-state index contributed by atoms with van der Waals surface area (Å²) in [6.45, 7) is 5.11. The maximum Gasteiger partial charge on any atom is 0.155 e. The molecule has 0 aliphatic heterocycles. The van der Waals surface area contributed by atoms with Crippen LogP contribution in [0, 0.1) is 0 Å². The second-order valence-electron chi connectivity index (χ2n) is 4.95. The van der Waals surface area contributed by atoms with Gasteiger partial charge in [0.25, 0.3) is 0 Å². The molecule has 0 amide bonds. The molecule has 0 N–H and O–H groups in total. The van der Waals surface area contributed by atoms with Gasteiger partial charge in [-0.25, -0.2) is 8.42 Å². The van der Waals surface area contributed by atoms with Gasteiger partial charge in [-0.1, -0.05) is 5.57 Å². The van der Waals surface area contributed by atoms with E-state index in [0.717, 1.165) is 12.0 Å². The molecule has 0 heterocycles. The van der Waals surface area contributed by atoms with Gasteiger partial charge in [0.1, 0.15) is 0 Å². The largest absolute Gasteiger partial charge is 0.295 e. The zero-order chi connectivity index (χ0) is 11.7. The summed E-state index contributed by atoms with van der Waals surface area (Å²) in [6, 6.07) is 0. The van der Waals surface area contributed by atoms with Crippen LogP contribution in [0.3, 0.4) is 0 Å². The topological polar surface area (TPSA) is 51.2 Å². The molecule has 0 saturated heterocycles. The van der Waals surface area contributed by atoms with Gasteiger partial charge in [-0.2, -0.15) is 0 Å². The standard InChI is InChI=1S/C11H18O3S/c1-11(2,3)15(13,14)7-6-9-4-5-10(12)8-9/h8H,4-7H2,1-3H3. The SMILES string of the molecule is CC(C)(C)S(=O)(=O)CCC1=CC(=O)CC1. The third kappa shape index (κ3) is 3.16. The number of rotatable bonds is 3. The van der Waals surface area contributed by atoms with E-state index < -0.39 is 14.6 Å². The van der Waals surface area contributed by atoms with Crippen molar-refractivity contribution in [1.29, 1.82) is 0 Å². The fraction of sp³-hybridized carbons (Fsp3) is 0.727. The van der Waals surface area contributed by atoms with Crippen LogP contribution in [0.2, 0.25) is 0 Å². The predicted octanol–water partition coefficient (Wildman–Crippen LogP) is 1.88. The van der Waals surface area contributed by atoms with Crippen LogP contribution in [0.4, 0.5) is 0 Å². The Hall–Kier alpha value is -0.640. The molecule has 1 rings (SSSR count). The molecule has 0 aromatic carbocycles. The lowest BCUT2D eigenvalue weighted by molar-refractivity contribution is -0.114. The van der Waals surface area contributed by atoms with Crippen LogP contribution >= 0.6 is 0 Å². The number of ketones is 1. The van der Waals surface area contributed by atoms with Crippen LogP contribution < -0.4 is 0 Å². The van der Waals surface area contributed by atoms with E-state index in [1.165, 1.54) is 0 Å². The van der Waals surface area contributed by atoms with E-state index >= 15 is 0 Å². The molecular weight excluding hydrogens is 212 g/mol. The minimum atomic E-state index is -3.05. The normalized spacial score (nSPS) is 18.1. The molecule has 0 bridgehead atoms. The van der Waals surface area contributed by atoms with Gasteiger partial charge in [-0.15, -0.1) is 0 Å². The van der Waals surface area contributed by atoms with Crippen molar-refractivity contribution < 1.29 is 13.2 Å². The Kier molecular flexibility index (Phi) is 3.38. The highest BCUT2D eigenvalue weighted by Crippen LogP contribution is 2.22. The van der Waals surface area contributed by atoms with Gasteiger partial charge in [-0.05, 0) is 39.7 Å². The summed E-state index contributed by atoms with van der Waals surface area (Å²) in [5.41, 5.74) is 0.979. The molecule has 0 unspecified atom stereocenters. The molecule has 0 atom stereocenters. The highest BCUT2D eigenvalue weighted by molar-refractivity contribution is 7.92. The summed E-state index contributed by atoms with van der Waals surface area (Å²) in [5, 5.41) is 0. The number of carbonyl (C=O) groups is 1. The van der Waals surface area contributed by atoms with Gasteiger partial charge >= 0.3 is 0 Å². The highest BCUT2D eigenvalue weighted by Gasteiger charge is 2.28. The molecule has 4 heteroatoms. The molecule has 15 heavy (non-hydrogen) atoms. The zero-order valence-electron chi connectivity index (χ0n) is 9.54. The van der Waals surface area contributed by atoms with Crippen LogP contribution in [0.15, 0.2) is 11.6 Å². The summed E-state index contributed by atoms with van der Waals surface area (Å²) in [4.78, 5) is 10.9. The van der Waals surface area contributed by atoms with Crippen molar-refractivity contribution >= 4 is 15.6 Å². The first kappa shape index (κ1) is 12.4. The Labute approximate surface area is 91.5 Å². The Bertz CT molecular complexity index is 383. The monoisotopic (exact) mass is 230 g/mol. The van der Waals surface area contributed by atoms with Crippen molar-refractivity contribution in [3.05, 3.63) is 11.6 Å². The fourth-order valence-electron chi connectivity index (χ4n) is 1.42. The highest BCUT2D eigenvalue weighted by atomic mass is 32.2. The maximum absolute atomic E-state index is 11.8. The van der Waals surface area contributed by atoms with E-state index in [2.05, 4.69) is 0 Å². The van der Waals surface area contributed by atoms with Crippen molar-refractivity contribution in [2.24, 2.45) is 0 Å².